The fraction of sp³-hybridized carbons (Fsp3) is 0.562. The average molecular weight is 385 g/mol. The topological polar surface area (TPSA) is 49.8 Å². The maximum absolute atomic E-state index is 13.0. The van der Waals surface area contributed by atoms with E-state index in [1.165, 1.54) is 17.0 Å². The van der Waals surface area contributed by atoms with Crippen molar-refractivity contribution in [3.63, 3.8) is 0 Å². The van der Waals surface area contributed by atoms with Crippen LogP contribution in [0.5, 0.6) is 0 Å². The van der Waals surface area contributed by atoms with E-state index in [1.54, 1.807) is 0 Å². The lowest BCUT2D eigenvalue weighted by molar-refractivity contribution is -0.189. The summed E-state index contributed by atoms with van der Waals surface area (Å²) in [6.07, 6.45) is -10.8. The first kappa shape index (κ1) is 20.5. The molecule has 1 saturated heterocycles. The molecule has 1 aromatic rings. The largest absolute Gasteiger partial charge is 0.481 e. The molecule has 1 N–H and O–H groups in total. The Morgan fingerprint density at radius 2 is 1.81 bits per heavy atom. The number of ether oxygens (including phenoxy) is 1. The number of nitrogens with zero attached hydrogens (tertiary/aromatic N) is 1. The summed E-state index contributed by atoms with van der Waals surface area (Å²) in [6.45, 7) is -0.180. The van der Waals surface area contributed by atoms with Gasteiger partial charge >= 0.3 is 18.3 Å². The lowest BCUT2D eigenvalue weighted by Crippen LogP contribution is -2.44. The molecule has 10 heteroatoms. The number of carboxylic acid groups (broad SMARTS) is 1. The van der Waals surface area contributed by atoms with Crippen LogP contribution >= 0.6 is 0 Å². The highest BCUT2D eigenvalue weighted by atomic mass is 19.4. The molecule has 1 aliphatic heterocycles. The van der Waals surface area contributed by atoms with E-state index in [2.05, 4.69) is 0 Å². The van der Waals surface area contributed by atoms with E-state index in [1.807, 2.05) is 0 Å². The van der Waals surface area contributed by atoms with Gasteiger partial charge in [0.15, 0.2) is 0 Å². The van der Waals surface area contributed by atoms with Crippen molar-refractivity contribution in [2.45, 2.75) is 24.9 Å². The van der Waals surface area contributed by atoms with Gasteiger partial charge in [0.1, 0.15) is 0 Å². The van der Waals surface area contributed by atoms with E-state index in [0.29, 0.717) is 5.56 Å². The van der Waals surface area contributed by atoms with Crippen molar-refractivity contribution in [3.05, 3.63) is 35.4 Å². The monoisotopic (exact) mass is 385 g/mol. The zero-order valence-electron chi connectivity index (χ0n) is 13.5. The smallest absolute Gasteiger partial charge is 0.416 e. The second kappa shape index (κ2) is 7.83. The highest BCUT2D eigenvalue weighted by molar-refractivity contribution is 5.67. The normalized spacial score (nSPS) is 20.8. The number of morpholine rings is 1. The number of benzene rings is 1. The van der Waals surface area contributed by atoms with Crippen LogP contribution in [0.1, 0.15) is 23.7 Å². The van der Waals surface area contributed by atoms with Crippen LogP contribution < -0.4 is 0 Å². The Morgan fingerprint density at radius 1 is 1.19 bits per heavy atom. The van der Waals surface area contributed by atoms with Crippen molar-refractivity contribution >= 4 is 5.97 Å². The minimum absolute atomic E-state index is 0.0392. The first-order valence-electron chi connectivity index (χ1n) is 7.76. The van der Waals surface area contributed by atoms with Crippen LogP contribution in [0, 0.1) is 5.92 Å². The van der Waals surface area contributed by atoms with Crippen molar-refractivity contribution in [1.29, 1.82) is 0 Å². The van der Waals surface area contributed by atoms with Gasteiger partial charge in [-0.25, -0.2) is 0 Å². The van der Waals surface area contributed by atoms with Crippen molar-refractivity contribution in [3.8, 4) is 0 Å². The van der Waals surface area contributed by atoms with Crippen LogP contribution in [0.2, 0.25) is 0 Å². The van der Waals surface area contributed by atoms with E-state index in [-0.39, 0.29) is 19.7 Å². The molecule has 4 nitrogen and oxygen atoms in total. The van der Waals surface area contributed by atoms with Crippen LogP contribution in [0.25, 0.3) is 0 Å². The van der Waals surface area contributed by atoms with Crippen molar-refractivity contribution in [1.82, 2.24) is 4.90 Å². The molecule has 0 aliphatic carbocycles. The molecular formula is C16H17F6NO3. The standard InChI is InChI=1S/C16H17F6NO3/c17-15(18,19)11-3-1-10(2-4-11)13-9-23(5-6-26-13)8-12(7-14(24)25)16(20,21)22/h1-4,12-13H,5-9H2,(H,24,25). The molecule has 1 aromatic carbocycles. The molecule has 0 saturated carbocycles. The third-order valence-corrected chi connectivity index (χ3v) is 4.12. The number of carboxylic acids is 1. The molecule has 26 heavy (non-hydrogen) atoms. The van der Waals surface area contributed by atoms with E-state index >= 15 is 0 Å². The van der Waals surface area contributed by atoms with Gasteiger partial charge in [-0.3, -0.25) is 9.69 Å². The fourth-order valence-corrected chi connectivity index (χ4v) is 2.76. The Balaban J connectivity index is 2.05. The van der Waals surface area contributed by atoms with Gasteiger partial charge in [0.2, 0.25) is 0 Å². The van der Waals surface area contributed by atoms with Gasteiger partial charge in [0.05, 0.1) is 30.6 Å². The van der Waals surface area contributed by atoms with Gasteiger partial charge in [-0.05, 0) is 17.7 Å². The van der Waals surface area contributed by atoms with Crippen LogP contribution in [-0.4, -0.2) is 48.4 Å². The molecule has 0 radical (unpaired) electrons. The number of hydrogen-bond donors (Lipinski definition) is 1. The Kier molecular flexibility index (Phi) is 6.17. The third-order valence-electron chi connectivity index (χ3n) is 4.12. The van der Waals surface area contributed by atoms with E-state index in [9.17, 15) is 31.1 Å². The maximum atomic E-state index is 13.0. The van der Waals surface area contributed by atoms with E-state index in [0.717, 1.165) is 12.1 Å². The zero-order chi connectivity index (χ0) is 19.5. The van der Waals surface area contributed by atoms with Crippen LogP contribution in [-0.2, 0) is 15.7 Å². The molecule has 146 valence electrons. The summed E-state index contributed by atoms with van der Waals surface area (Å²) in [4.78, 5) is 12.1. The molecule has 1 heterocycles. The Bertz CT molecular complexity index is 614. The molecule has 2 unspecified atom stereocenters. The summed E-state index contributed by atoms with van der Waals surface area (Å²) < 4.78 is 82.2. The number of aliphatic carboxylic acids is 1. The SMILES string of the molecule is O=C(O)CC(CN1CCOC(c2ccc(C(F)(F)F)cc2)C1)C(F)(F)F. The summed E-state index contributed by atoms with van der Waals surface area (Å²) in [5.74, 6) is -3.56. The van der Waals surface area contributed by atoms with Crippen LogP contribution in [0.4, 0.5) is 26.3 Å². The number of hydrogen-bond acceptors (Lipinski definition) is 3. The zero-order valence-corrected chi connectivity index (χ0v) is 13.5. The minimum Gasteiger partial charge on any atom is -0.481 e. The Morgan fingerprint density at radius 3 is 2.31 bits per heavy atom. The predicted molar refractivity (Wildman–Crippen MR) is 78.4 cm³/mol. The molecule has 0 aromatic heterocycles. The first-order chi connectivity index (χ1) is 12.0. The second-order valence-electron chi connectivity index (χ2n) is 6.08. The summed E-state index contributed by atoms with van der Waals surface area (Å²) in [6, 6.07) is 4.24. The Labute approximate surface area is 145 Å². The van der Waals surface area contributed by atoms with Crippen LogP contribution in [0.3, 0.4) is 0 Å². The molecule has 2 rings (SSSR count). The highest BCUT2D eigenvalue weighted by Gasteiger charge is 2.42. The summed E-state index contributed by atoms with van der Waals surface area (Å²) in [5, 5.41) is 8.66. The third kappa shape index (κ3) is 5.60. The minimum atomic E-state index is -4.65. The number of rotatable bonds is 5. The van der Waals surface area contributed by atoms with Gasteiger partial charge in [-0.15, -0.1) is 0 Å². The van der Waals surface area contributed by atoms with Crippen molar-refractivity contribution in [2.75, 3.05) is 26.2 Å². The average Bonchev–Trinajstić information content (AvgIpc) is 2.52. The van der Waals surface area contributed by atoms with Gasteiger partial charge < -0.3 is 9.84 Å². The number of alkyl halides is 6. The van der Waals surface area contributed by atoms with E-state index in [4.69, 9.17) is 9.84 Å². The van der Waals surface area contributed by atoms with Crippen molar-refractivity contribution < 1.29 is 41.0 Å². The molecule has 2 atom stereocenters. The molecule has 0 amide bonds. The van der Waals surface area contributed by atoms with Crippen LogP contribution in [0.15, 0.2) is 24.3 Å². The highest BCUT2D eigenvalue weighted by Crippen LogP contribution is 2.33. The lowest BCUT2D eigenvalue weighted by atomic mass is 10.0. The molecular weight excluding hydrogens is 368 g/mol. The second-order valence-corrected chi connectivity index (χ2v) is 6.08. The van der Waals surface area contributed by atoms with Gasteiger partial charge in [0, 0.05) is 19.6 Å². The molecule has 1 fully saturated rings. The molecule has 1 aliphatic rings. The fourth-order valence-electron chi connectivity index (χ4n) is 2.76. The van der Waals surface area contributed by atoms with Gasteiger partial charge in [0.25, 0.3) is 0 Å². The summed E-state index contributed by atoms with van der Waals surface area (Å²) in [5.41, 5.74) is -0.406. The summed E-state index contributed by atoms with van der Waals surface area (Å²) in [7, 11) is 0. The molecule has 0 bridgehead atoms. The van der Waals surface area contributed by atoms with Crippen molar-refractivity contribution in [2.24, 2.45) is 5.92 Å². The first-order valence-corrected chi connectivity index (χ1v) is 7.76. The maximum Gasteiger partial charge on any atom is 0.416 e. The molecule has 0 spiro atoms. The lowest BCUT2D eigenvalue weighted by Gasteiger charge is -2.35. The predicted octanol–water partition coefficient (Wildman–Crippen LogP) is 3.73. The van der Waals surface area contributed by atoms with Gasteiger partial charge in [-0.2, -0.15) is 26.3 Å². The number of carbonyl (C=O) groups is 1. The van der Waals surface area contributed by atoms with Gasteiger partial charge in [-0.1, -0.05) is 12.1 Å². The summed E-state index contributed by atoms with van der Waals surface area (Å²) >= 11 is 0. The Hall–Kier alpha value is -1.81. The quantitative estimate of drug-likeness (QED) is 0.785. The number of halogens is 6. The van der Waals surface area contributed by atoms with E-state index < -0.39 is 48.9 Å².